The lowest BCUT2D eigenvalue weighted by Crippen LogP contribution is -2.25. The third-order valence-electron chi connectivity index (χ3n) is 8.42. The van der Waals surface area contributed by atoms with Crippen molar-refractivity contribution in [3.8, 4) is 17.2 Å². The van der Waals surface area contributed by atoms with E-state index in [1.807, 2.05) is 0 Å². The topological polar surface area (TPSA) is 44.8 Å². The highest BCUT2D eigenvalue weighted by Crippen LogP contribution is 2.45. The van der Waals surface area contributed by atoms with Gasteiger partial charge in [0.2, 0.25) is 11.6 Å². The summed E-state index contributed by atoms with van der Waals surface area (Å²) in [4.78, 5) is 10.4. The first-order chi connectivity index (χ1) is 18.9. The zero-order valence-corrected chi connectivity index (χ0v) is 23.4. The van der Waals surface area contributed by atoms with Crippen molar-refractivity contribution >= 4 is 6.29 Å². The van der Waals surface area contributed by atoms with Crippen molar-refractivity contribution in [3.63, 3.8) is 0 Å². The molecular weight excluding hydrogens is 505 g/mol. The predicted octanol–water partition coefficient (Wildman–Crippen LogP) is 8.66. The summed E-state index contributed by atoms with van der Waals surface area (Å²) in [5, 5.41) is 0. The molecular formula is C32H41F3O4. The molecule has 7 heteroatoms. The summed E-state index contributed by atoms with van der Waals surface area (Å²) < 4.78 is 60.3. The Bertz CT molecular complexity index is 1120. The first-order valence-corrected chi connectivity index (χ1v) is 14.5. The second kappa shape index (κ2) is 13.7. The van der Waals surface area contributed by atoms with Crippen LogP contribution in [0, 0.1) is 29.3 Å². The van der Waals surface area contributed by atoms with Crippen molar-refractivity contribution in [1.82, 2.24) is 0 Å². The van der Waals surface area contributed by atoms with Gasteiger partial charge in [-0.15, -0.1) is 0 Å². The molecule has 2 aromatic carbocycles. The predicted molar refractivity (Wildman–Crippen MR) is 145 cm³/mol. The number of benzene rings is 2. The van der Waals surface area contributed by atoms with Crippen LogP contribution >= 0.6 is 0 Å². The summed E-state index contributed by atoms with van der Waals surface area (Å²) in [6.07, 6.45) is 12.7. The van der Waals surface area contributed by atoms with Crippen molar-refractivity contribution < 1.29 is 32.2 Å². The van der Waals surface area contributed by atoms with Crippen LogP contribution in [0.5, 0.6) is 17.2 Å². The molecule has 0 bridgehead atoms. The number of hydrogen-bond donors (Lipinski definition) is 0. The monoisotopic (exact) mass is 546 g/mol. The molecule has 2 atom stereocenters. The van der Waals surface area contributed by atoms with Gasteiger partial charge in [-0.25, -0.2) is 4.39 Å². The van der Waals surface area contributed by atoms with Crippen LogP contribution in [0.1, 0.15) is 101 Å². The van der Waals surface area contributed by atoms with Gasteiger partial charge < -0.3 is 19.0 Å². The Morgan fingerprint density at radius 3 is 2.23 bits per heavy atom. The average molecular weight is 547 g/mol. The average Bonchev–Trinajstić information content (AvgIpc) is 2.96. The molecule has 1 aliphatic carbocycles. The van der Waals surface area contributed by atoms with E-state index in [1.54, 1.807) is 12.1 Å². The van der Waals surface area contributed by atoms with E-state index in [2.05, 4.69) is 13.8 Å². The summed E-state index contributed by atoms with van der Waals surface area (Å²) in [5.74, 6) is -1.95. The Kier molecular flexibility index (Phi) is 10.3. The molecule has 2 fully saturated rings. The van der Waals surface area contributed by atoms with Crippen LogP contribution < -0.4 is 9.47 Å². The number of rotatable bonds is 7. The van der Waals surface area contributed by atoms with E-state index >= 15 is 0 Å². The number of hydrogen-bond acceptors (Lipinski definition) is 4. The van der Waals surface area contributed by atoms with Crippen LogP contribution in [-0.2, 0) is 16.0 Å². The summed E-state index contributed by atoms with van der Waals surface area (Å²) in [6.45, 7) is 4.72. The number of aldehydes is 1. The highest BCUT2D eigenvalue weighted by Gasteiger charge is 2.32. The van der Waals surface area contributed by atoms with Crippen LogP contribution in [0.15, 0.2) is 18.2 Å². The molecule has 1 saturated carbocycles. The van der Waals surface area contributed by atoms with Crippen LogP contribution in [0.4, 0.5) is 13.2 Å². The molecule has 39 heavy (non-hydrogen) atoms. The van der Waals surface area contributed by atoms with E-state index in [4.69, 9.17) is 14.2 Å². The van der Waals surface area contributed by atoms with Gasteiger partial charge in [-0.3, -0.25) is 0 Å². The summed E-state index contributed by atoms with van der Waals surface area (Å²) in [5.41, 5.74) is 1.40. The molecule has 2 aliphatic heterocycles. The number of halogens is 3. The maximum absolute atomic E-state index is 14.8. The van der Waals surface area contributed by atoms with E-state index in [0.29, 0.717) is 29.2 Å². The van der Waals surface area contributed by atoms with Crippen LogP contribution in [0.25, 0.3) is 0 Å². The van der Waals surface area contributed by atoms with E-state index in [0.717, 1.165) is 50.7 Å². The molecule has 0 amide bonds. The smallest absolute Gasteiger partial charge is 0.207 e. The largest absolute Gasteiger partial charge is 0.494 e. The third kappa shape index (κ3) is 6.79. The molecule has 1 saturated heterocycles. The lowest BCUT2D eigenvalue weighted by Gasteiger charge is -2.30. The standard InChI is InChI=1S/C22H23F3O3.C10H18O/c1-3-4-15-7-5-13(11-27-15)16-10-14-9-12-6-8-17(26-2)19(24)21(12)28-22(14)20(25)18(16)23;1-2-3-9-4-6-10(8-11)7-5-9/h6,8,10,13,15H,3-5,7,9,11H2,1-2H3;8-10H,2-7H2,1H3. The minimum atomic E-state index is -1.07. The van der Waals surface area contributed by atoms with Gasteiger partial charge in [-0.2, -0.15) is 8.78 Å². The Morgan fingerprint density at radius 1 is 0.897 bits per heavy atom. The Labute approximate surface area is 230 Å². The maximum Gasteiger partial charge on any atom is 0.207 e. The quantitative estimate of drug-likeness (QED) is 0.278. The molecule has 0 N–H and O–H groups in total. The van der Waals surface area contributed by atoms with Crippen molar-refractivity contribution in [2.45, 2.75) is 96.5 Å². The second-order valence-corrected chi connectivity index (χ2v) is 11.2. The van der Waals surface area contributed by atoms with E-state index in [9.17, 15) is 18.0 Å². The fraction of sp³-hybridized carbons (Fsp3) is 0.594. The zero-order chi connectivity index (χ0) is 27.9. The van der Waals surface area contributed by atoms with Crippen molar-refractivity contribution in [3.05, 3.63) is 52.3 Å². The molecule has 0 aromatic heterocycles. The Hall–Kier alpha value is -2.54. The fourth-order valence-electron chi connectivity index (χ4n) is 6.14. The summed E-state index contributed by atoms with van der Waals surface area (Å²) in [6, 6.07) is 4.83. The maximum atomic E-state index is 14.8. The molecule has 0 spiro atoms. The number of ether oxygens (including phenoxy) is 3. The molecule has 2 heterocycles. The van der Waals surface area contributed by atoms with Gasteiger partial charge in [0.15, 0.2) is 23.1 Å². The van der Waals surface area contributed by atoms with Crippen molar-refractivity contribution in [1.29, 1.82) is 0 Å². The zero-order valence-electron chi connectivity index (χ0n) is 23.4. The first-order valence-electron chi connectivity index (χ1n) is 14.5. The van der Waals surface area contributed by atoms with E-state index in [-0.39, 0.29) is 35.7 Å². The molecule has 5 rings (SSSR count). The fourth-order valence-corrected chi connectivity index (χ4v) is 6.14. The minimum absolute atomic E-state index is 0.000637. The number of carbonyl (C=O) groups is 1. The lowest BCUT2D eigenvalue weighted by molar-refractivity contribution is -0.112. The number of fused-ring (bicyclic) bond motifs is 2. The van der Waals surface area contributed by atoms with Crippen LogP contribution in [0.3, 0.4) is 0 Å². The van der Waals surface area contributed by atoms with Gasteiger partial charge in [0.05, 0.1) is 19.8 Å². The second-order valence-electron chi connectivity index (χ2n) is 11.2. The van der Waals surface area contributed by atoms with Crippen LogP contribution in [0.2, 0.25) is 0 Å². The van der Waals surface area contributed by atoms with Gasteiger partial charge in [0, 0.05) is 29.4 Å². The Balaban J connectivity index is 0.000000270. The van der Waals surface area contributed by atoms with E-state index < -0.39 is 17.5 Å². The minimum Gasteiger partial charge on any atom is -0.494 e. The molecule has 214 valence electrons. The SMILES string of the molecule is CCCC1CCC(C=O)CC1.CCCC1CCC(c2cc3c(c(F)c2F)Oc2c(ccc(OC)c2F)C3)CO1. The van der Waals surface area contributed by atoms with Gasteiger partial charge >= 0.3 is 0 Å². The summed E-state index contributed by atoms with van der Waals surface area (Å²) in [7, 11) is 1.34. The molecule has 2 unspecified atom stereocenters. The van der Waals surface area contributed by atoms with E-state index in [1.165, 1.54) is 38.9 Å². The Morgan fingerprint density at radius 2 is 1.62 bits per heavy atom. The molecule has 2 aromatic rings. The third-order valence-corrected chi connectivity index (χ3v) is 8.42. The van der Waals surface area contributed by atoms with Gasteiger partial charge in [-0.05, 0) is 68.6 Å². The van der Waals surface area contributed by atoms with Gasteiger partial charge in [0.25, 0.3) is 0 Å². The van der Waals surface area contributed by atoms with Gasteiger partial charge in [-0.1, -0.05) is 39.2 Å². The lowest BCUT2D eigenvalue weighted by atomic mass is 9.81. The molecule has 4 nitrogen and oxygen atoms in total. The molecule has 0 radical (unpaired) electrons. The van der Waals surface area contributed by atoms with Crippen molar-refractivity contribution in [2.75, 3.05) is 13.7 Å². The van der Waals surface area contributed by atoms with Crippen molar-refractivity contribution in [2.24, 2.45) is 11.8 Å². The normalized spacial score (nSPS) is 23.9. The highest BCUT2D eigenvalue weighted by atomic mass is 19.2. The highest BCUT2D eigenvalue weighted by molar-refractivity contribution is 5.55. The first kappa shape index (κ1) is 29.4. The number of carbonyl (C=O) groups excluding carboxylic acids is 1. The van der Waals surface area contributed by atoms with Crippen LogP contribution in [-0.4, -0.2) is 26.1 Å². The number of methoxy groups -OCH3 is 1. The summed E-state index contributed by atoms with van der Waals surface area (Å²) >= 11 is 0. The van der Waals surface area contributed by atoms with Gasteiger partial charge in [0.1, 0.15) is 6.29 Å². The molecule has 3 aliphatic rings.